The first kappa shape index (κ1) is 13.4. The number of carbonyl (C=O) groups excluding carboxylic acids is 3. The van der Waals surface area contributed by atoms with Crippen LogP contribution in [0.4, 0.5) is 0 Å². The average Bonchev–Trinajstić information content (AvgIpc) is 2.23. The molecule has 0 fully saturated rings. The summed E-state index contributed by atoms with van der Waals surface area (Å²) in [7, 11) is 0. The van der Waals surface area contributed by atoms with E-state index in [1.165, 1.54) is 0 Å². The minimum Gasteiger partial charge on any atom is -0.478 e. The molecule has 0 heterocycles. The van der Waals surface area contributed by atoms with Crippen LogP contribution in [0, 0.1) is 0 Å². The maximum atomic E-state index is 10.8. The number of hydrogen-bond donors (Lipinski definition) is 1. The molecular formula is C8H6N2O6. The maximum Gasteiger partial charge on any atom is 0.331 e. The van der Waals surface area contributed by atoms with Crippen molar-refractivity contribution in [2.24, 2.45) is 9.98 Å². The Morgan fingerprint density at radius 1 is 1.25 bits per heavy atom. The maximum absolute atomic E-state index is 10.8. The Hall–Kier alpha value is -2.56. The molecule has 0 unspecified atom stereocenters. The summed E-state index contributed by atoms with van der Waals surface area (Å²) in [5.41, 5.74) is 0. The molecule has 0 bridgehead atoms. The van der Waals surface area contributed by atoms with E-state index in [0.29, 0.717) is 12.2 Å². The predicted octanol–water partition coefficient (Wildman–Crippen LogP) is -0.832. The summed E-state index contributed by atoms with van der Waals surface area (Å²) in [6.07, 6.45) is 2.27. The molecular weight excluding hydrogens is 220 g/mol. The summed E-state index contributed by atoms with van der Waals surface area (Å²) < 4.78 is 4.43. The van der Waals surface area contributed by atoms with E-state index in [0.717, 1.165) is 12.2 Å². The molecule has 8 nitrogen and oxygen atoms in total. The highest BCUT2D eigenvalue weighted by Crippen LogP contribution is 1.93. The van der Waals surface area contributed by atoms with Gasteiger partial charge in [-0.3, -0.25) is 0 Å². The molecule has 0 saturated heterocycles. The molecule has 8 heteroatoms. The number of carboxylic acids is 1. The highest BCUT2D eigenvalue weighted by molar-refractivity contribution is 5.90. The van der Waals surface area contributed by atoms with Crippen LogP contribution in [0.25, 0.3) is 0 Å². The topological polar surface area (TPSA) is 122 Å². The van der Waals surface area contributed by atoms with E-state index in [1.807, 2.05) is 0 Å². The van der Waals surface area contributed by atoms with Gasteiger partial charge in [0.15, 0.2) is 6.17 Å². The third-order valence-electron chi connectivity index (χ3n) is 1.14. The van der Waals surface area contributed by atoms with Crippen LogP contribution in [-0.4, -0.2) is 42.0 Å². The fourth-order valence-electron chi connectivity index (χ4n) is 0.569. The fourth-order valence-corrected chi connectivity index (χ4v) is 0.569. The van der Waals surface area contributed by atoms with Crippen molar-refractivity contribution in [2.45, 2.75) is 6.17 Å². The van der Waals surface area contributed by atoms with Gasteiger partial charge < -0.3 is 9.84 Å². The molecule has 0 saturated carbocycles. The Morgan fingerprint density at radius 3 is 2.25 bits per heavy atom. The lowest BCUT2D eigenvalue weighted by atomic mass is 10.5. The van der Waals surface area contributed by atoms with Crippen molar-refractivity contribution in [1.29, 1.82) is 0 Å². The van der Waals surface area contributed by atoms with Crippen molar-refractivity contribution < 1.29 is 29.0 Å². The van der Waals surface area contributed by atoms with Crippen molar-refractivity contribution in [3.05, 3.63) is 12.2 Å². The first-order valence-electron chi connectivity index (χ1n) is 3.82. The van der Waals surface area contributed by atoms with Crippen molar-refractivity contribution >= 4 is 24.1 Å². The Morgan fingerprint density at radius 2 is 1.81 bits per heavy atom. The van der Waals surface area contributed by atoms with E-state index >= 15 is 0 Å². The zero-order valence-corrected chi connectivity index (χ0v) is 7.82. The lowest BCUT2D eigenvalue weighted by Crippen LogP contribution is -2.14. The molecule has 0 amide bonds. The second kappa shape index (κ2) is 7.81. The lowest BCUT2D eigenvalue weighted by molar-refractivity contribution is -0.139. The van der Waals surface area contributed by atoms with Gasteiger partial charge in [0.25, 0.3) is 0 Å². The second-order valence-electron chi connectivity index (χ2n) is 2.22. The molecule has 0 spiro atoms. The van der Waals surface area contributed by atoms with Crippen molar-refractivity contribution in [2.75, 3.05) is 6.61 Å². The molecule has 0 aliphatic heterocycles. The molecule has 0 radical (unpaired) electrons. The van der Waals surface area contributed by atoms with Crippen LogP contribution in [0.3, 0.4) is 0 Å². The fraction of sp³-hybridized carbons (Fsp3) is 0.250. The van der Waals surface area contributed by atoms with Gasteiger partial charge in [-0.15, -0.1) is 0 Å². The number of aliphatic imine (C=N–C) groups is 2. The molecule has 0 aromatic rings. The Kier molecular flexibility index (Phi) is 6.56. The number of carbonyl (C=O) groups is 2. The number of rotatable bonds is 6. The van der Waals surface area contributed by atoms with Gasteiger partial charge >= 0.3 is 11.9 Å². The summed E-state index contributed by atoms with van der Waals surface area (Å²) in [4.78, 5) is 46.5. The molecule has 0 aromatic heterocycles. The van der Waals surface area contributed by atoms with Crippen molar-refractivity contribution in [3.63, 3.8) is 0 Å². The van der Waals surface area contributed by atoms with Gasteiger partial charge in [0.1, 0.15) is 6.61 Å². The number of esters is 1. The highest BCUT2D eigenvalue weighted by atomic mass is 16.5. The van der Waals surface area contributed by atoms with Crippen LogP contribution in [0.2, 0.25) is 0 Å². The Balaban J connectivity index is 4.20. The highest BCUT2D eigenvalue weighted by Gasteiger charge is 2.07. The molecule has 0 aromatic carbocycles. The smallest absolute Gasteiger partial charge is 0.331 e. The normalized spacial score (nSPS) is 11.0. The zero-order valence-electron chi connectivity index (χ0n) is 7.82. The molecule has 0 aliphatic carbocycles. The van der Waals surface area contributed by atoms with Gasteiger partial charge in [-0.25, -0.2) is 19.2 Å². The van der Waals surface area contributed by atoms with Gasteiger partial charge in [0.05, 0.1) is 0 Å². The Bertz CT molecular complexity index is 371. The van der Waals surface area contributed by atoms with Gasteiger partial charge in [0.2, 0.25) is 12.2 Å². The average molecular weight is 226 g/mol. The van der Waals surface area contributed by atoms with Crippen LogP contribution < -0.4 is 0 Å². The minimum atomic E-state index is -1.31. The summed E-state index contributed by atoms with van der Waals surface area (Å²) in [5.74, 6) is -2.28. The van der Waals surface area contributed by atoms with Gasteiger partial charge in [-0.05, 0) is 0 Å². The van der Waals surface area contributed by atoms with Crippen LogP contribution in [0.5, 0.6) is 0 Å². The van der Waals surface area contributed by atoms with Crippen LogP contribution in [-0.2, 0) is 23.9 Å². The van der Waals surface area contributed by atoms with Crippen molar-refractivity contribution in [3.8, 4) is 0 Å². The predicted molar refractivity (Wildman–Crippen MR) is 47.8 cm³/mol. The van der Waals surface area contributed by atoms with Gasteiger partial charge in [-0.1, -0.05) is 0 Å². The number of nitrogens with zero attached hydrogens (tertiary/aromatic N) is 2. The van der Waals surface area contributed by atoms with Gasteiger partial charge in [-0.2, -0.15) is 9.98 Å². The number of ether oxygens (including phenoxy) is 1. The van der Waals surface area contributed by atoms with Crippen LogP contribution in [0.1, 0.15) is 0 Å². The van der Waals surface area contributed by atoms with E-state index in [1.54, 1.807) is 0 Å². The first-order valence-corrected chi connectivity index (χ1v) is 3.82. The van der Waals surface area contributed by atoms with Crippen molar-refractivity contribution in [1.82, 2.24) is 0 Å². The molecule has 0 rings (SSSR count). The Labute approximate surface area is 88.9 Å². The third-order valence-corrected chi connectivity index (χ3v) is 1.14. The summed E-state index contributed by atoms with van der Waals surface area (Å²) in [6, 6.07) is 0. The lowest BCUT2D eigenvalue weighted by Gasteiger charge is -2.02. The van der Waals surface area contributed by atoms with Crippen LogP contribution >= 0.6 is 0 Å². The summed E-state index contributed by atoms with van der Waals surface area (Å²) >= 11 is 0. The van der Waals surface area contributed by atoms with E-state index < -0.39 is 24.7 Å². The zero-order chi connectivity index (χ0) is 12.4. The molecule has 1 N–H and O–H groups in total. The molecule has 84 valence electrons. The number of carboxylic acid groups (broad SMARTS) is 1. The number of aliphatic carboxylic acids is 1. The standard InChI is InChI=1S/C8H6N2O6/c11-4-9-6(10-5-12)3-16-8(15)2-1-7(13)14/h1-2,6H,3H2,(H,13,14). The van der Waals surface area contributed by atoms with Gasteiger partial charge in [0, 0.05) is 12.2 Å². The number of hydrogen-bond acceptors (Lipinski definition) is 7. The molecule has 0 atom stereocenters. The number of isocyanates is 2. The van der Waals surface area contributed by atoms with E-state index in [-0.39, 0.29) is 0 Å². The molecule has 0 aliphatic rings. The largest absolute Gasteiger partial charge is 0.478 e. The van der Waals surface area contributed by atoms with E-state index in [9.17, 15) is 19.2 Å². The summed E-state index contributed by atoms with van der Waals surface area (Å²) in [6.45, 7) is -0.479. The molecule has 16 heavy (non-hydrogen) atoms. The quantitative estimate of drug-likeness (QED) is 0.273. The van der Waals surface area contributed by atoms with E-state index in [4.69, 9.17) is 5.11 Å². The second-order valence-corrected chi connectivity index (χ2v) is 2.22. The minimum absolute atomic E-state index is 0.479. The van der Waals surface area contributed by atoms with E-state index in [2.05, 4.69) is 14.7 Å². The van der Waals surface area contributed by atoms with Crippen LogP contribution in [0.15, 0.2) is 22.1 Å². The first-order chi connectivity index (χ1) is 7.60. The SMILES string of the molecule is O=C=NC(COC(=O)C=CC(=O)O)N=C=O. The third kappa shape index (κ3) is 6.90. The monoisotopic (exact) mass is 226 g/mol. The summed E-state index contributed by atoms with van der Waals surface area (Å²) in [5, 5.41) is 8.17.